The van der Waals surface area contributed by atoms with Gasteiger partial charge < -0.3 is 9.73 Å². The molecule has 1 saturated heterocycles. The second-order valence-electron chi connectivity index (χ2n) is 8.97. The van der Waals surface area contributed by atoms with Crippen LogP contribution in [-0.4, -0.2) is 42.6 Å². The molecular formula is C22H21FN6O2. The molecule has 0 unspecified atom stereocenters. The fraction of sp³-hybridized carbons (Fsp3) is 0.409. The van der Waals surface area contributed by atoms with Crippen LogP contribution >= 0.6 is 0 Å². The lowest BCUT2D eigenvalue weighted by Crippen LogP contribution is -2.46. The van der Waals surface area contributed by atoms with Crippen LogP contribution in [0.15, 0.2) is 35.0 Å². The molecule has 8 nitrogen and oxygen atoms in total. The van der Waals surface area contributed by atoms with E-state index in [0.717, 1.165) is 42.8 Å². The van der Waals surface area contributed by atoms with Crippen molar-refractivity contribution in [2.75, 3.05) is 5.32 Å². The van der Waals surface area contributed by atoms with E-state index >= 15 is 0 Å². The van der Waals surface area contributed by atoms with Gasteiger partial charge in [-0.25, -0.2) is 14.4 Å². The summed E-state index contributed by atoms with van der Waals surface area (Å²) in [6.07, 6.45) is 5.42. The van der Waals surface area contributed by atoms with E-state index in [1.165, 1.54) is 0 Å². The number of aromatic nitrogens is 4. The van der Waals surface area contributed by atoms with E-state index in [1.807, 2.05) is 25.1 Å². The van der Waals surface area contributed by atoms with Crippen molar-refractivity contribution in [2.45, 2.75) is 51.2 Å². The number of hydrogen-bond donors (Lipinski definition) is 1. The van der Waals surface area contributed by atoms with Crippen LogP contribution in [0.2, 0.25) is 0 Å². The smallest absolute Gasteiger partial charge is 0.241 e. The van der Waals surface area contributed by atoms with Gasteiger partial charge in [0.2, 0.25) is 17.7 Å². The molecule has 1 amide bonds. The molecule has 158 valence electrons. The Kier molecular flexibility index (Phi) is 3.69. The Labute approximate surface area is 177 Å². The molecule has 9 heteroatoms. The Morgan fingerprint density at radius 3 is 2.74 bits per heavy atom. The summed E-state index contributed by atoms with van der Waals surface area (Å²) in [5.74, 6) is 0.965. The van der Waals surface area contributed by atoms with Crippen molar-refractivity contribution in [3.05, 3.63) is 53.8 Å². The van der Waals surface area contributed by atoms with Crippen molar-refractivity contribution in [3.63, 3.8) is 0 Å². The highest BCUT2D eigenvalue weighted by atomic mass is 19.1. The third-order valence-electron chi connectivity index (χ3n) is 7.05. The second-order valence-corrected chi connectivity index (χ2v) is 8.97. The average molecular weight is 420 g/mol. The maximum Gasteiger partial charge on any atom is 0.241 e. The van der Waals surface area contributed by atoms with Crippen LogP contribution < -0.4 is 5.32 Å². The Balaban J connectivity index is 1.23. The van der Waals surface area contributed by atoms with Crippen molar-refractivity contribution >= 4 is 11.6 Å². The van der Waals surface area contributed by atoms with Crippen LogP contribution in [0.5, 0.6) is 0 Å². The Bertz CT molecular complexity index is 1200. The summed E-state index contributed by atoms with van der Waals surface area (Å²) in [4.78, 5) is 23.6. The van der Waals surface area contributed by atoms with Gasteiger partial charge in [0.15, 0.2) is 11.6 Å². The average Bonchev–Trinajstić information content (AvgIpc) is 3.42. The minimum absolute atomic E-state index is 0.0447. The second kappa shape index (κ2) is 6.16. The Morgan fingerprint density at radius 2 is 2.03 bits per heavy atom. The van der Waals surface area contributed by atoms with Crippen LogP contribution in [-0.2, 0) is 11.3 Å². The normalized spacial score (nSPS) is 28.2. The molecule has 3 aromatic rings. The van der Waals surface area contributed by atoms with Gasteiger partial charge in [0.05, 0.1) is 25.0 Å². The van der Waals surface area contributed by atoms with Gasteiger partial charge in [-0.3, -0.25) is 9.69 Å². The number of carbonyl (C=O) groups excluding carboxylic acids is 1. The highest BCUT2D eigenvalue weighted by Gasteiger charge is 2.90. The minimum Gasteiger partial charge on any atom is -0.424 e. The first-order valence-electron chi connectivity index (χ1n) is 10.3. The van der Waals surface area contributed by atoms with E-state index < -0.39 is 5.82 Å². The summed E-state index contributed by atoms with van der Waals surface area (Å²) >= 11 is 0. The quantitative estimate of drug-likeness (QED) is 0.678. The highest BCUT2D eigenvalue weighted by Crippen LogP contribution is 2.87. The summed E-state index contributed by atoms with van der Waals surface area (Å²) < 4.78 is 18.8. The summed E-state index contributed by atoms with van der Waals surface area (Å²) in [5, 5.41) is 11.1. The molecule has 0 spiro atoms. The minimum atomic E-state index is -0.487. The number of piperidine rings is 2. The lowest BCUT2D eigenvalue weighted by atomic mass is 10.00. The zero-order valence-corrected chi connectivity index (χ0v) is 17.2. The van der Waals surface area contributed by atoms with Crippen molar-refractivity contribution < 1.29 is 13.6 Å². The molecule has 1 aromatic carbocycles. The van der Waals surface area contributed by atoms with Crippen molar-refractivity contribution in [2.24, 2.45) is 5.41 Å². The van der Waals surface area contributed by atoms with Crippen molar-refractivity contribution in [3.8, 4) is 11.4 Å². The number of carbonyl (C=O) groups is 1. The lowest BCUT2D eigenvalue weighted by Gasteiger charge is -2.31. The van der Waals surface area contributed by atoms with Gasteiger partial charge in [0, 0.05) is 23.7 Å². The summed E-state index contributed by atoms with van der Waals surface area (Å²) in [6, 6.07) is 5.36. The van der Waals surface area contributed by atoms with Gasteiger partial charge in [-0.05, 0) is 49.3 Å². The molecule has 1 aliphatic heterocycles. The van der Waals surface area contributed by atoms with Crippen LogP contribution in [0.1, 0.15) is 36.6 Å². The summed E-state index contributed by atoms with van der Waals surface area (Å²) in [7, 11) is 0. The van der Waals surface area contributed by atoms with Gasteiger partial charge in [-0.2, -0.15) is 0 Å². The predicted octanol–water partition coefficient (Wildman–Crippen LogP) is 3.03. The standard InChI is InChI=1S/C22H21FN6O2/c1-12-3-4-15(5-16(12)19-24-7-14(23)8-25-19)26-20(30)17-6-21-10-22(21,11-21)29(17)9-18-28-27-13(2)31-18/h3-5,7-8,17H,6,9-11H2,1-2H3,(H,26,30)/t17-,21?,22?/m1/s1. The third-order valence-corrected chi connectivity index (χ3v) is 7.05. The SMILES string of the molecule is Cc1nnc(CN2[C@@H](C(=O)Nc3ccc(C)c(-c4ncc(F)cn4)c3)CC34CC23C4)o1. The highest BCUT2D eigenvalue weighted by molar-refractivity contribution is 5.96. The zero-order valence-electron chi connectivity index (χ0n) is 17.2. The molecule has 31 heavy (non-hydrogen) atoms. The number of anilines is 1. The largest absolute Gasteiger partial charge is 0.424 e. The first-order chi connectivity index (χ1) is 14.9. The number of benzene rings is 1. The maximum absolute atomic E-state index is 13.2. The number of likely N-dealkylation sites (tertiary alicyclic amines) is 1. The molecule has 0 bridgehead atoms. The molecule has 2 saturated carbocycles. The van der Waals surface area contributed by atoms with Gasteiger partial charge >= 0.3 is 0 Å². The topological polar surface area (TPSA) is 97.0 Å². The molecule has 2 aromatic heterocycles. The molecule has 2 aliphatic carbocycles. The number of halogens is 1. The first-order valence-corrected chi connectivity index (χ1v) is 10.3. The predicted molar refractivity (Wildman–Crippen MR) is 108 cm³/mol. The van der Waals surface area contributed by atoms with Crippen LogP contribution in [0, 0.1) is 25.1 Å². The Morgan fingerprint density at radius 1 is 1.26 bits per heavy atom. The molecule has 3 fully saturated rings. The van der Waals surface area contributed by atoms with E-state index in [-0.39, 0.29) is 17.5 Å². The summed E-state index contributed by atoms with van der Waals surface area (Å²) in [5.41, 5.74) is 2.79. The monoisotopic (exact) mass is 420 g/mol. The molecule has 3 heterocycles. The first kappa shape index (κ1) is 18.6. The van der Waals surface area contributed by atoms with Gasteiger partial charge in [-0.15, -0.1) is 10.2 Å². The number of nitrogens with zero attached hydrogens (tertiary/aromatic N) is 5. The lowest BCUT2D eigenvalue weighted by molar-refractivity contribution is -0.122. The van der Waals surface area contributed by atoms with E-state index in [1.54, 1.807) is 6.92 Å². The number of nitrogens with one attached hydrogen (secondary N) is 1. The number of rotatable bonds is 5. The van der Waals surface area contributed by atoms with Crippen molar-refractivity contribution in [1.29, 1.82) is 0 Å². The number of aryl methyl sites for hydroxylation is 2. The third kappa shape index (κ3) is 2.79. The molecular weight excluding hydrogens is 399 g/mol. The van der Waals surface area contributed by atoms with Crippen LogP contribution in [0.4, 0.5) is 10.1 Å². The van der Waals surface area contributed by atoms with Crippen LogP contribution in [0.25, 0.3) is 11.4 Å². The Hall–Kier alpha value is -3.20. The molecule has 1 N–H and O–H groups in total. The van der Waals surface area contributed by atoms with Gasteiger partial charge in [-0.1, -0.05) is 6.07 Å². The number of hydrogen-bond acceptors (Lipinski definition) is 7. The van der Waals surface area contributed by atoms with E-state index in [2.05, 4.69) is 30.4 Å². The van der Waals surface area contributed by atoms with Gasteiger partial charge in [0.1, 0.15) is 0 Å². The molecule has 6 rings (SSSR count). The summed E-state index contributed by atoms with van der Waals surface area (Å²) in [6.45, 7) is 4.18. The van der Waals surface area contributed by atoms with Crippen molar-refractivity contribution in [1.82, 2.24) is 25.1 Å². The number of amides is 1. The van der Waals surface area contributed by atoms with E-state index in [0.29, 0.717) is 35.3 Å². The zero-order chi connectivity index (χ0) is 21.4. The molecule has 0 radical (unpaired) electrons. The molecule has 1 atom stereocenters. The van der Waals surface area contributed by atoms with E-state index in [9.17, 15) is 9.18 Å². The van der Waals surface area contributed by atoms with Crippen LogP contribution in [0.3, 0.4) is 0 Å². The fourth-order valence-electron chi connectivity index (χ4n) is 5.26. The van der Waals surface area contributed by atoms with E-state index in [4.69, 9.17) is 4.42 Å². The van der Waals surface area contributed by atoms with Gasteiger partial charge in [0.25, 0.3) is 0 Å². The fourth-order valence-corrected chi connectivity index (χ4v) is 5.26. The molecule has 3 aliphatic rings. The maximum atomic E-state index is 13.2.